The summed E-state index contributed by atoms with van der Waals surface area (Å²) in [6.45, 7) is 6.26. The van der Waals surface area contributed by atoms with Gasteiger partial charge < -0.3 is 20.4 Å². The number of hydrogen-bond donors (Lipinski definition) is 3. The second-order valence-corrected chi connectivity index (χ2v) is 11.1. The molecule has 0 spiro atoms. The van der Waals surface area contributed by atoms with Gasteiger partial charge in [-0.1, -0.05) is 6.07 Å². The molecule has 0 unspecified atom stereocenters. The Balaban J connectivity index is 1.55. The van der Waals surface area contributed by atoms with Crippen molar-refractivity contribution in [1.82, 2.24) is 24.9 Å². The molecule has 188 valence electrons. The topological polar surface area (TPSA) is 135 Å². The van der Waals surface area contributed by atoms with E-state index in [1.807, 2.05) is 32.9 Å². The molecule has 0 bridgehead atoms. The zero-order chi connectivity index (χ0) is 25.4. The molecular weight excluding hydrogens is 478 g/mol. The molecule has 1 aliphatic rings. The number of aromatic amines is 1. The first-order chi connectivity index (χ1) is 17.2. The zero-order valence-electron chi connectivity index (χ0n) is 20.7. The van der Waals surface area contributed by atoms with E-state index in [1.54, 1.807) is 18.2 Å². The molecule has 4 heterocycles. The quantitative estimate of drug-likeness (QED) is 0.336. The van der Waals surface area contributed by atoms with Gasteiger partial charge in [0, 0.05) is 30.7 Å². The highest BCUT2D eigenvalue weighted by Crippen LogP contribution is 2.35. The van der Waals surface area contributed by atoms with E-state index in [4.69, 9.17) is 4.74 Å². The van der Waals surface area contributed by atoms with E-state index in [0.717, 1.165) is 30.5 Å². The van der Waals surface area contributed by atoms with Crippen LogP contribution in [0.1, 0.15) is 48.3 Å². The smallest absolute Gasteiger partial charge is 0.181 e. The maximum absolute atomic E-state index is 12.8. The fraction of sp³-hybridized carbons (Fsp3) is 0.360. The predicted molar refractivity (Wildman–Crippen MR) is 139 cm³/mol. The number of nitrogens with zero attached hydrogens (tertiary/aromatic N) is 4. The lowest BCUT2D eigenvalue weighted by Gasteiger charge is -2.24. The van der Waals surface area contributed by atoms with Crippen molar-refractivity contribution in [3.63, 3.8) is 0 Å². The summed E-state index contributed by atoms with van der Waals surface area (Å²) < 4.78 is 31.4. The maximum atomic E-state index is 12.8. The van der Waals surface area contributed by atoms with Crippen molar-refractivity contribution in [3.8, 4) is 0 Å². The largest absolute Gasteiger partial charge is 0.374 e. The lowest BCUT2D eigenvalue weighted by atomic mass is 10.0. The number of fused-ring (bicyclic) bond motifs is 1. The highest BCUT2D eigenvalue weighted by Gasteiger charge is 2.22. The normalized spacial score (nSPS) is 16.3. The number of hydrogen-bond acceptors (Lipinski definition) is 9. The second-order valence-electron chi connectivity index (χ2n) is 9.15. The summed E-state index contributed by atoms with van der Waals surface area (Å²) in [5.74, 6) is 2.47. The Bertz CT molecular complexity index is 1520. The van der Waals surface area contributed by atoms with Crippen LogP contribution in [0.4, 0.5) is 23.0 Å². The van der Waals surface area contributed by atoms with E-state index in [2.05, 4.69) is 35.6 Å². The van der Waals surface area contributed by atoms with Crippen LogP contribution in [0.25, 0.3) is 11.2 Å². The van der Waals surface area contributed by atoms with Crippen LogP contribution in [0.5, 0.6) is 0 Å². The zero-order valence-corrected chi connectivity index (χ0v) is 21.5. The molecule has 11 heteroatoms. The van der Waals surface area contributed by atoms with E-state index >= 15 is 0 Å². The van der Waals surface area contributed by atoms with Crippen LogP contribution in [0, 0.1) is 20.8 Å². The maximum Gasteiger partial charge on any atom is 0.181 e. The molecule has 3 N–H and O–H groups in total. The van der Waals surface area contributed by atoms with Crippen LogP contribution in [-0.4, -0.2) is 46.2 Å². The minimum atomic E-state index is -3.52. The van der Waals surface area contributed by atoms with Gasteiger partial charge in [-0.15, -0.1) is 0 Å². The first kappa shape index (κ1) is 24.1. The molecule has 1 aromatic carbocycles. The molecule has 5 rings (SSSR count). The number of H-pyrrole nitrogens is 1. The van der Waals surface area contributed by atoms with E-state index in [1.165, 1.54) is 6.26 Å². The Morgan fingerprint density at radius 2 is 1.75 bits per heavy atom. The van der Waals surface area contributed by atoms with E-state index in [0.29, 0.717) is 52.4 Å². The Morgan fingerprint density at radius 1 is 0.944 bits per heavy atom. The molecule has 0 amide bonds. The number of nitrogens with one attached hydrogen (secondary N) is 3. The molecule has 36 heavy (non-hydrogen) atoms. The van der Waals surface area contributed by atoms with Gasteiger partial charge in [0.2, 0.25) is 0 Å². The monoisotopic (exact) mass is 507 g/mol. The van der Waals surface area contributed by atoms with Gasteiger partial charge in [0.05, 0.1) is 22.4 Å². The van der Waals surface area contributed by atoms with E-state index in [-0.39, 0.29) is 11.0 Å². The summed E-state index contributed by atoms with van der Waals surface area (Å²) in [7, 11) is -3.52. The standard InChI is InChI=1S/C25H29N7O3S/c1-14-11-22(27-15(2)26-14)31-23-13-19(24-25(32-23)29-16(3)28-24)30-18-9-8-17(12-21(18)36(4,33)34)20-7-5-6-10-35-20/h8-9,11-13,20H,5-7,10H2,1-4H3,(H3,26,27,28,29,30,31,32)/t20-/m0/s1. The number of benzene rings is 1. The summed E-state index contributed by atoms with van der Waals surface area (Å²) in [6, 6.07) is 9.07. The van der Waals surface area contributed by atoms with Crippen molar-refractivity contribution in [2.45, 2.75) is 51.0 Å². The van der Waals surface area contributed by atoms with Crippen molar-refractivity contribution in [2.75, 3.05) is 23.5 Å². The molecule has 0 saturated carbocycles. The molecule has 0 aliphatic carbocycles. The highest BCUT2D eigenvalue weighted by atomic mass is 32.2. The fourth-order valence-electron chi connectivity index (χ4n) is 4.48. The molecule has 3 aromatic heterocycles. The van der Waals surface area contributed by atoms with Crippen LogP contribution in [-0.2, 0) is 14.6 Å². The van der Waals surface area contributed by atoms with Crippen LogP contribution in [0.15, 0.2) is 35.2 Å². The number of sulfone groups is 1. The second kappa shape index (κ2) is 9.47. The third-order valence-electron chi connectivity index (χ3n) is 6.03. The van der Waals surface area contributed by atoms with Gasteiger partial charge in [0.1, 0.15) is 28.8 Å². The van der Waals surface area contributed by atoms with Gasteiger partial charge in [0.25, 0.3) is 0 Å². The van der Waals surface area contributed by atoms with Crippen molar-refractivity contribution >= 4 is 44.0 Å². The average molecular weight is 508 g/mol. The minimum absolute atomic E-state index is 0.0910. The molecule has 1 fully saturated rings. The molecule has 0 radical (unpaired) electrons. The number of ether oxygens (including phenoxy) is 1. The van der Waals surface area contributed by atoms with Gasteiger partial charge in [-0.2, -0.15) is 0 Å². The van der Waals surface area contributed by atoms with Crippen LogP contribution >= 0.6 is 0 Å². The lowest BCUT2D eigenvalue weighted by Crippen LogP contribution is -2.13. The number of aromatic nitrogens is 5. The van der Waals surface area contributed by atoms with Crippen molar-refractivity contribution in [1.29, 1.82) is 0 Å². The van der Waals surface area contributed by atoms with Gasteiger partial charge >= 0.3 is 0 Å². The Hall–Kier alpha value is -3.57. The molecular formula is C25H29N7O3S. The van der Waals surface area contributed by atoms with Crippen molar-refractivity contribution < 1.29 is 13.2 Å². The minimum Gasteiger partial charge on any atom is -0.374 e. The third kappa shape index (κ3) is 5.17. The Labute approximate surface area is 209 Å². The first-order valence-corrected chi connectivity index (χ1v) is 13.7. The number of anilines is 4. The Morgan fingerprint density at radius 3 is 2.47 bits per heavy atom. The fourth-order valence-corrected chi connectivity index (χ4v) is 5.34. The average Bonchev–Trinajstić information content (AvgIpc) is 3.19. The van der Waals surface area contributed by atoms with Gasteiger partial charge in [-0.05, 0) is 57.7 Å². The van der Waals surface area contributed by atoms with Gasteiger partial charge in [0.15, 0.2) is 15.5 Å². The highest BCUT2D eigenvalue weighted by molar-refractivity contribution is 7.90. The third-order valence-corrected chi connectivity index (χ3v) is 7.16. The van der Waals surface area contributed by atoms with Crippen molar-refractivity contribution in [3.05, 3.63) is 53.2 Å². The molecule has 1 aliphatic heterocycles. The van der Waals surface area contributed by atoms with Crippen molar-refractivity contribution in [2.24, 2.45) is 0 Å². The summed E-state index contributed by atoms with van der Waals surface area (Å²) in [6.07, 6.45) is 4.10. The molecule has 1 saturated heterocycles. The van der Waals surface area contributed by atoms with Crippen LogP contribution in [0.3, 0.4) is 0 Å². The first-order valence-electron chi connectivity index (χ1n) is 11.8. The Kier molecular flexibility index (Phi) is 6.35. The summed E-state index contributed by atoms with van der Waals surface area (Å²) in [5, 5.41) is 6.53. The summed E-state index contributed by atoms with van der Waals surface area (Å²) in [5.41, 5.74) is 3.98. The van der Waals surface area contributed by atoms with Gasteiger partial charge in [-0.3, -0.25) is 0 Å². The predicted octanol–water partition coefficient (Wildman–Crippen LogP) is 4.81. The number of rotatable bonds is 6. The molecule has 1 atom stereocenters. The van der Waals surface area contributed by atoms with E-state index < -0.39 is 9.84 Å². The number of imidazole rings is 1. The summed E-state index contributed by atoms with van der Waals surface area (Å²) >= 11 is 0. The molecule has 4 aromatic rings. The van der Waals surface area contributed by atoms with Crippen LogP contribution in [0.2, 0.25) is 0 Å². The summed E-state index contributed by atoms with van der Waals surface area (Å²) in [4.78, 5) is 21.3. The number of aryl methyl sites for hydroxylation is 3. The SMILES string of the molecule is Cc1cc(Nc2cc(Nc3ccc([C@@H]4CCCCO4)cc3S(C)(=O)=O)c3[nH]c(C)nc3n2)nc(C)n1. The van der Waals surface area contributed by atoms with Gasteiger partial charge in [-0.25, -0.2) is 28.4 Å². The lowest BCUT2D eigenvalue weighted by molar-refractivity contribution is 0.0148. The number of pyridine rings is 1. The van der Waals surface area contributed by atoms with Crippen LogP contribution < -0.4 is 10.6 Å². The van der Waals surface area contributed by atoms with E-state index in [9.17, 15) is 8.42 Å². The molecule has 10 nitrogen and oxygen atoms in total.